The molecule has 0 aliphatic carbocycles. The molecule has 0 amide bonds. The maximum atomic E-state index is 11.5. The second-order valence-electron chi connectivity index (χ2n) is 4.64. The van der Waals surface area contributed by atoms with Gasteiger partial charge < -0.3 is 10.1 Å². The van der Waals surface area contributed by atoms with E-state index >= 15 is 0 Å². The third-order valence-corrected chi connectivity index (χ3v) is 4.50. The molecule has 3 aromatic rings. The molecule has 2 aromatic carbocycles. The number of carboxylic acids is 1. The third kappa shape index (κ3) is 3.69. The number of para-hydroxylation sites is 2. The normalized spacial score (nSPS) is 11.8. The van der Waals surface area contributed by atoms with Crippen LogP contribution in [0.4, 0.5) is 0 Å². The smallest absolute Gasteiger partial charge is 0.342 e. The van der Waals surface area contributed by atoms with Gasteiger partial charge in [0.2, 0.25) is 0 Å². The van der Waals surface area contributed by atoms with Crippen molar-refractivity contribution in [3.63, 3.8) is 0 Å². The Morgan fingerprint density at radius 2 is 2.00 bits per heavy atom. The molecular formula is C16H10Cl2N2O2S. The summed E-state index contributed by atoms with van der Waals surface area (Å²) in [5.74, 6) is -1.05. The first-order chi connectivity index (χ1) is 11.0. The summed E-state index contributed by atoms with van der Waals surface area (Å²) >= 11 is 13.0. The Balaban J connectivity index is 1.95. The highest BCUT2D eigenvalue weighted by molar-refractivity contribution is 8.04. The van der Waals surface area contributed by atoms with Crippen molar-refractivity contribution in [2.45, 2.75) is 5.16 Å². The van der Waals surface area contributed by atoms with E-state index in [2.05, 4.69) is 9.97 Å². The molecule has 4 nitrogen and oxygen atoms in total. The molecule has 0 atom stereocenters. The number of fused-ring (bicyclic) bond motifs is 1. The number of benzene rings is 2. The number of imidazole rings is 1. The first-order valence-corrected chi connectivity index (χ1v) is 8.13. The number of rotatable bonds is 4. The van der Waals surface area contributed by atoms with Gasteiger partial charge in [-0.25, -0.2) is 9.78 Å². The van der Waals surface area contributed by atoms with Gasteiger partial charge in [-0.05, 0) is 47.7 Å². The molecule has 23 heavy (non-hydrogen) atoms. The molecule has 7 heteroatoms. The molecule has 0 aliphatic rings. The quantitative estimate of drug-likeness (QED) is 0.499. The number of carbonyl (C=O) groups is 1. The number of halogens is 2. The third-order valence-electron chi connectivity index (χ3n) is 3.03. The Kier molecular flexibility index (Phi) is 4.61. The standard InChI is InChI=1S/C16H10Cl2N2O2S/c17-10-6-5-9(11(18)8-10)7-14(15(21)22)23-16-19-12-3-1-2-4-13(12)20-16/h1-8H,(H,19,20)(H,21,22)/b14-7-. The number of thioether (sulfide) groups is 1. The van der Waals surface area contributed by atoms with Gasteiger partial charge in [0.05, 0.1) is 11.0 Å². The van der Waals surface area contributed by atoms with Gasteiger partial charge in [0.1, 0.15) is 4.91 Å². The Hall–Kier alpha value is -1.95. The highest BCUT2D eigenvalue weighted by atomic mass is 35.5. The van der Waals surface area contributed by atoms with Crippen LogP contribution in [-0.2, 0) is 4.79 Å². The van der Waals surface area contributed by atoms with Gasteiger partial charge in [0.15, 0.2) is 5.16 Å². The van der Waals surface area contributed by atoms with Crippen molar-refractivity contribution in [2.75, 3.05) is 0 Å². The first kappa shape index (κ1) is 15.9. The van der Waals surface area contributed by atoms with Crippen LogP contribution in [0.15, 0.2) is 52.5 Å². The van der Waals surface area contributed by atoms with E-state index in [0.29, 0.717) is 20.8 Å². The lowest BCUT2D eigenvalue weighted by atomic mass is 10.2. The first-order valence-electron chi connectivity index (χ1n) is 6.55. The summed E-state index contributed by atoms with van der Waals surface area (Å²) in [7, 11) is 0. The van der Waals surface area contributed by atoms with Crippen molar-refractivity contribution < 1.29 is 9.90 Å². The van der Waals surface area contributed by atoms with Crippen LogP contribution in [-0.4, -0.2) is 21.0 Å². The maximum Gasteiger partial charge on any atom is 0.342 e. The van der Waals surface area contributed by atoms with Gasteiger partial charge in [-0.3, -0.25) is 0 Å². The van der Waals surface area contributed by atoms with Gasteiger partial charge in [0, 0.05) is 10.0 Å². The summed E-state index contributed by atoms with van der Waals surface area (Å²) in [5.41, 5.74) is 2.21. The van der Waals surface area contributed by atoms with Crippen LogP contribution in [0.2, 0.25) is 10.0 Å². The summed E-state index contributed by atoms with van der Waals surface area (Å²) < 4.78 is 0. The molecule has 0 fully saturated rings. The fourth-order valence-corrected chi connectivity index (χ4v) is 3.23. The van der Waals surface area contributed by atoms with E-state index in [4.69, 9.17) is 23.2 Å². The molecule has 1 heterocycles. The average molecular weight is 365 g/mol. The number of nitrogens with one attached hydrogen (secondary N) is 1. The van der Waals surface area contributed by atoms with Crippen LogP contribution < -0.4 is 0 Å². The number of carboxylic acid groups (broad SMARTS) is 1. The summed E-state index contributed by atoms with van der Waals surface area (Å²) in [6.07, 6.45) is 1.50. The van der Waals surface area contributed by atoms with Crippen molar-refractivity contribution in [1.82, 2.24) is 9.97 Å². The van der Waals surface area contributed by atoms with E-state index in [9.17, 15) is 9.90 Å². The zero-order valence-corrected chi connectivity index (χ0v) is 13.9. The highest BCUT2D eigenvalue weighted by Crippen LogP contribution is 2.30. The lowest BCUT2D eigenvalue weighted by Crippen LogP contribution is -1.97. The molecule has 0 bridgehead atoms. The molecule has 0 saturated carbocycles. The Labute approximate surface area is 146 Å². The molecular weight excluding hydrogens is 355 g/mol. The van der Waals surface area contributed by atoms with Gasteiger partial charge in [-0.1, -0.05) is 41.4 Å². The molecule has 0 saturated heterocycles. The molecule has 0 unspecified atom stereocenters. The molecule has 0 aliphatic heterocycles. The predicted octanol–water partition coefficient (Wildman–Crippen LogP) is 5.09. The average Bonchev–Trinajstić information content (AvgIpc) is 2.91. The van der Waals surface area contributed by atoms with Crippen LogP contribution in [0.5, 0.6) is 0 Å². The van der Waals surface area contributed by atoms with Crippen LogP contribution in [0.1, 0.15) is 5.56 Å². The van der Waals surface area contributed by atoms with E-state index in [-0.39, 0.29) is 4.91 Å². The maximum absolute atomic E-state index is 11.5. The number of H-pyrrole nitrogens is 1. The van der Waals surface area contributed by atoms with E-state index in [1.165, 1.54) is 6.08 Å². The van der Waals surface area contributed by atoms with Crippen molar-refractivity contribution in [3.8, 4) is 0 Å². The van der Waals surface area contributed by atoms with Crippen LogP contribution in [0.3, 0.4) is 0 Å². The predicted molar refractivity (Wildman–Crippen MR) is 94.0 cm³/mol. The summed E-state index contributed by atoms with van der Waals surface area (Å²) in [6.45, 7) is 0. The van der Waals surface area contributed by atoms with Gasteiger partial charge in [0.25, 0.3) is 0 Å². The lowest BCUT2D eigenvalue weighted by molar-refractivity contribution is -0.131. The minimum absolute atomic E-state index is 0.105. The van der Waals surface area contributed by atoms with E-state index in [0.717, 1.165) is 22.8 Å². The Morgan fingerprint density at radius 3 is 2.70 bits per heavy atom. The van der Waals surface area contributed by atoms with E-state index in [1.807, 2.05) is 24.3 Å². The minimum atomic E-state index is -1.05. The molecule has 0 radical (unpaired) electrons. The summed E-state index contributed by atoms with van der Waals surface area (Å²) in [4.78, 5) is 19.1. The minimum Gasteiger partial charge on any atom is -0.477 e. The largest absolute Gasteiger partial charge is 0.477 e. The molecule has 116 valence electrons. The topological polar surface area (TPSA) is 66.0 Å². The molecule has 3 rings (SSSR count). The van der Waals surface area contributed by atoms with Crippen molar-refractivity contribution in [3.05, 3.63) is 63.0 Å². The van der Waals surface area contributed by atoms with Crippen LogP contribution >= 0.6 is 35.0 Å². The number of aromatic nitrogens is 2. The van der Waals surface area contributed by atoms with Crippen molar-refractivity contribution >= 4 is 58.0 Å². The number of hydrogen-bond donors (Lipinski definition) is 2. The fourth-order valence-electron chi connectivity index (χ4n) is 1.98. The molecule has 1 aromatic heterocycles. The second kappa shape index (κ2) is 6.66. The lowest BCUT2D eigenvalue weighted by Gasteiger charge is -2.02. The number of nitrogens with zero attached hydrogens (tertiary/aromatic N) is 1. The zero-order valence-electron chi connectivity index (χ0n) is 11.6. The van der Waals surface area contributed by atoms with Gasteiger partial charge >= 0.3 is 5.97 Å². The second-order valence-corrected chi connectivity index (χ2v) is 6.52. The van der Waals surface area contributed by atoms with E-state index < -0.39 is 5.97 Å². The van der Waals surface area contributed by atoms with Gasteiger partial charge in [-0.2, -0.15) is 0 Å². The molecule has 0 spiro atoms. The Bertz CT molecular complexity index is 888. The zero-order chi connectivity index (χ0) is 16.4. The van der Waals surface area contributed by atoms with E-state index in [1.54, 1.807) is 18.2 Å². The monoisotopic (exact) mass is 364 g/mol. The number of hydrogen-bond acceptors (Lipinski definition) is 3. The summed E-state index contributed by atoms with van der Waals surface area (Å²) in [6, 6.07) is 12.4. The fraction of sp³-hybridized carbons (Fsp3) is 0. The summed E-state index contributed by atoms with van der Waals surface area (Å²) in [5, 5.41) is 10.8. The van der Waals surface area contributed by atoms with Crippen molar-refractivity contribution in [2.24, 2.45) is 0 Å². The van der Waals surface area contributed by atoms with Gasteiger partial charge in [-0.15, -0.1) is 0 Å². The number of aromatic amines is 1. The Morgan fingerprint density at radius 1 is 1.22 bits per heavy atom. The SMILES string of the molecule is O=C(O)/C(=C/c1ccc(Cl)cc1Cl)Sc1nc2ccccc2[nH]1. The highest BCUT2D eigenvalue weighted by Gasteiger charge is 2.14. The van der Waals surface area contributed by atoms with Crippen LogP contribution in [0.25, 0.3) is 17.1 Å². The molecule has 2 N–H and O–H groups in total. The van der Waals surface area contributed by atoms with Crippen molar-refractivity contribution in [1.29, 1.82) is 0 Å². The van der Waals surface area contributed by atoms with Crippen LogP contribution in [0, 0.1) is 0 Å². The number of aliphatic carboxylic acids is 1.